The molecule has 0 aliphatic rings. The highest BCUT2D eigenvalue weighted by molar-refractivity contribution is 6.01. The number of ether oxygens (including phenoxy) is 1. The fourth-order valence-electron chi connectivity index (χ4n) is 1.21. The molecule has 0 amide bonds. The topological polar surface area (TPSA) is 26.3 Å². The Labute approximate surface area is 88.8 Å². The van der Waals surface area contributed by atoms with Crippen molar-refractivity contribution in [3.05, 3.63) is 29.1 Å². The molecule has 0 aliphatic heterocycles. The molecule has 0 aromatic heterocycles. The second-order valence-corrected chi connectivity index (χ2v) is 3.13. The third kappa shape index (κ3) is 2.32. The van der Waals surface area contributed by atoms with Crippen molar-refractivity contribution < 1.29 is 27.1 Å². The summed E-state index contributed by atoms with van der Waals surface area (Å²) >= 11 is 0. The van der Waals surface area contributed by atoms with E-state index in [0.717, 1.165) is 6.07 Å². The number of benzene rings is 1. The number of halogens is 4. The summed E-state index contributed by atoms with van der Waals surface area (Å²) in [6.45, 7) is 1.28. The smallest absolute Gasteiger partial charge is 0.454 e. The molecule has 0 spiro atoms. The van der Waals surface area contributed by atoms with Crippen LogP contribution in [0.3, 0.4) is 0 Å². The van der Waals surface area contributed by atoms with E-state index in [-0.39, 0.29) is 11.3 Å². The van der Waals surface area contributed by atoms with Crippen molar-refractivity contribution in [2.24, 2.45) is 0 Å². The molecule has 1 rings (SSSR count). The Balaban J connectivity index is 3.27. The van der Waals surface area contributed by atoms with Crippen LogP contribution in [0.1, 0.15) is 15.9 Å². The minimum absolute atomic E-state index is 0.0144. The van der Waals surface area contributed by atoms with E-state index in [4.69, 9.17) is 0 Å². The molecule has 2 nitrogen and oxygen atoms in total. The lowest BCUT2D eigenvalue weighted by Crippen LogP contribution is -2.23. The van der Waals surface area contributed by atoms with Crippen molar-refractivity contribution in [2.75, 3.05) is 7.11 Å². The third-order valence-corrected chi connectivity index (χ3v) is 2.00. The molecular formula is C10H8F4O2. The van der Waals surface area contributed by atoms with E-state index < -0.39 is 23.3 Å². The summed E-state index contributed by atoms with van der Waals surface area (Å²) in [7, 11) is 1.18. The van der Waals surface area contributed by atoms with Crippen LogP contribution in [0.2, 0.25) is 0 Å². The number of hydrogen-bond acceptors (Lipinski definition) is 2. The van der Waals surface area contributed by atoms with Gasteiger partial charge in [0.05, 0.1) is 7.11 Å². The van der Waals surface area contributed by atoms with Crippen LogP contribution in [0.25, 0.3) is 0 Å². The quantitative estimate of drug-likeness (QED) is 0.583. The van der Waals surface area contributed by atoms with Crippen LogP contribution in [0.15, 0.2) is 12.1 Å². The Bertz CT molecular complexity index is 424. The van der Waals surface area contributed by atoms with Crippen molar-refractivity contribution in [1.82, 2.24) is 0 Å². The summed E-state index contributed by atoms with van der Waals surface area (Å²) in [4.78, 5) is 10.9. The summed E-state index contributed by atoms with van der Waals surface area (Å²) in [5, 5.41) is 0. The molecular weight excluding hydrogens is 228 g/mol. The first kappa shape index (κ1) is 12.5. The molecule has 0 atom stereocenters. The lowest BCUT2D eigenvalue weighted by Gasteiger charge is -2.10. The molecule has 0 N–H and O–H groups in total. The Morgan fingerprint density at radius 2 is 1.88 bits per heavy atom. The first-order chi connectivity index (χ1) is 7.27. The lowest BCUT2D eigenvalue weighted by atomic mass is 10.0. The first-order valence-electron chi connectivity index (χ1n) is 4.23. The molecule has 0 saturated carbocycles. The molecule has 1 aromatic carbocycles. The molecule has 0 fully saturated rings. The van der Waals surface area contributed by atoms with Gasteiger partial charge in [-0.15, -0.1) is 0 Å². The maximum absolute atomic E-state index is 13.1. The van der Waals surface area contributed by atoms with Gasteiger partial charge in [-0.25, -0.2) is 4.39 Å². The Morgan fingerprint density at radius 3 is 2.31 bits per heavy atom. The van der Waals surface area contributed by atoms with Crippen LogP contribution < -0.4 is 4.74 Å². The van der Waals surface area contributed by atoms with Gasteiger partial charge in [0.2, 0.25) is 0 Å². The molecule has 88 valence electrons. The predicted molar refractivity (Wildman–Crippen MR) is 48.1 cm³/mol. The van der Waals surface area contributed by atoms with E-state index in [1.165, 1.54) is 14.0 Å². The highest BCUT2D eigenvalue weighted by Gasteiger charge is 2.40. The van der Waals surface area contributed by atoms with Crippen molar-refractivity contribution in [1.29, 1.82) is 0 Å². The maximum Gasteiger partial charge on any atom is 0.454 e. The molecule has 0 radical (unpaired) electrons. The summed E-state index contributed by atoms with van der Waals surface area (Å²) in [6.07, 6.45) is -5.01. The Hall–Kier alpha value is -1.59. The molecule has 1 aromatic rings. The van der Waals surface area contributed by atoms with Gasteiger partial charge in [0, 0.05) is 5.56 Å². The van der Waals surface area contributed by atoms with E-state index in [0.29, 0.717) is 6.07 Å². The standard InChI is InChI=1S/C10H8F4O2/c1-5-3-8(16-2)7(11)4-6(5)9(15)10(12,13)14/h3-4H,1-2H3. The molecule has 0 saturated heterocycles. The number of ketones is 1. The fraction of sp³-hybridized carbons (Fsp3) is 0.300. The number of carbonyl (C=O) groups is 1. The van der Waals surface area contributed by atoms with Crippen molar-refractivity contribution >= 4 is 5.78 Å². The zero-order valence-corrected chi connectivity index (χ0v) is 8.48. The van der Waals surface area contributed by atoms with E-state index >= 15 is 0 Å². The monoisotopic (exact) mass is 236 g/mol. The van der Waals surface area contributed by atoms with E-state index in [9.17, 15) is 22.4 Å². The van der Waals surface area contributed by atoms with Gasteiger partial charge in [-0.3, -0.25) is 4.79 Å². The van der Waals surface area contributed by atoms with Gasteiger partial charge in [-0.2, -0.15) is 13.2 Å². The summed E-state index contributed by atoms with van der Waals surface area (Å²) in [6, 6.07) is 1.58. The van der Waals surface area contributed by atoms with Gasteiger partial charge in [0.15, 0.2) is 11.6 Å². The van der Waals surface area contributed by atoms with Gasteiger partial charge in [-0.05, 0) is 24.6 Å². The number of rotatable bonds is 2. The van der Waals surface area contributed by atoms with Crippen LogP contribution >= 0.6 is 0 Å². The molecule has 0 aliphatic carbocycles. The number of carbonyl (C=O) groups excluding carboxylic acids is 1. The number of aryl methyl sites for hydroxylation is 1. The number of Topliss-reactive ketones (excluding diaryl/α,β-unsaturated/α-hetero) is 1. The lowest BCUT2D eigenvalue weighted by molar-refractivity contribution is -0.0885. The first-order valence-corrected chi connectivity index (χ1v) is 4.23. The normalized spacial score (nSPS) is 11.4. The second kappa shape index (κ2) is 4.11. The van der Waals surface area contributed by atoms with Crippen molar-refractivity contribution in [3.63, 3.8) is 0 Å². The van der Waals surface area contributed by atoms with Crippen LogP contribution in [0.4, 0.5) is 17.6 Å². The third-order valence-electron chi connectivity index (χ3n) is 2.00. The Kier molecular flexibility index (Phi) is 3.21. The highest BCUT2D eigenvalue weighted by Crippen LogP contribution is 2.27. The predicted octanol–water partition coefficient (Wildman–Crippen LogP) is 2.89. The average Bonchev–Trinajstić information content (AvgIpc) is 2.18. The SMILES string of the molecule is COc1cc(C)c(C(=O)C(F)(F)F)cc1F. The van der Waals surface area contributed by atoms with Crippen LogP contribution in [-0.4, -0.2) is 19.1 Å². The van der Waals surface area contributed by atoms with E-state index in [1.807, 2.05) is 0 Å². The minimum Gasteiger partial charge on any atom is -0.494 e. The summed E-state index contributed by atoms with van der Waals surface area (Å²) in [5.41, 5.74) is -0.689. The molecule has 0 bridgehead atoms. The summed E-state index contributed by atoms with van der Waals surface area (Å²) in [5.74, 6) is -3.26. The second-order valence-electron chi connectivity index (χ2n) is 3.13. The van der Waals surface area contributed by atoms with Gasteiger partial charge >= 0.3 is 6.18 Å². The van der Waals surface area contributed by atoms with Gasteiger partial charge < -0.3 is 4.74 Å². The molecule has 6 heteroatoms. The molecule has 16 heavy (non-hydrogen) atoms. The highest BCUT2D eigenvalue weighted by atomic mass is 19.4. The molecule has 0 heterocycles. The van der Waals surface area contributed by atoms with Crippen LogP contribution in [0, 0.1) is 12.7 Å². The maximum atomic E-state index is 13.1. The number of methoxy groups -OCH3 is 1. The van der Waals surface area contributed by atoms with E-state index in [1.54, 1.807) is 0 Å². The summed E-state index contributed by atoms with van der Waals surface area (Å²) < 4.78 is 54.1. The Morgan fingerprint density at radius 1 is 1.31 bits per heavy atom. The minimum atomic E-state index is -5.01. The van der Waals surface area contributed by atoms with Gasteiger partial charge in [0.1, 0.15) is 0 Å². The fourth-order valence-corrected chi connectivity index (χ4v) is 1.21. The van der Waals surface area contributed by atoms with Crippen molar-refractivity contribution in [2.45, 2.75) is 13.1 Å². The van der Waals surface area contributed by atoms with Gasteiger partial charge in [-0.1, -0.05) is 0 Å². The molecule has 0 unspecified atom stereocenters. The van der Waals surface area contributed by atoms with E-state index in [2.05, 4.69) is 4.74 Å². The zero-order chi connectivity index (χ0) is 12.5. The van der Waals surface area contributed by atoms with Crippen molar-refractivity contribution in [3.8, 4) is 5.75 Å². The largest absolute Gasteiger partial charge is 0.494 e. The zero-order valence-electron chi connectivity index (χ0n) is 8.48. The number of hydrogen-bond donors (Lipinski definition) is 0. The average molecular weight is 236 g/mol. The van der Waals surface area contributed by atoms with Gasteiger partial charge in [0.25, 0.3) is 5.78 Å². The van der Waals surface area contributed by atoms with Crippen LogP contribution in [0.5, 0.6) is 5.75 Å². The van der Waals surface area contributed by atoms with Crippen LogP contribution in [-0.2, 0) is 0 Å². The number of alkyl halides is 3.